The zero-order valence-corrected chi connectivity index (χ0v) is 12.9. The molecule has 96 valence electrons. The Balaban J connectivity index is 2.22. The Kier molecular flexibility index (Phi) is 4.40. The number of nitrogens with two attached hydrogens (primary N) is 1. The number of anilines is 1. The average molecular weight is 383 g/mol. The van der Waals surface area contributed by atoms with Gasteiger partial charge < -0.3 is 10.5 Å². The second-order valence-electron chi connectivity index (χ2n) is 3.73. The third-order valence-electron chi connectivity index (χ3n) is 2.39. The lowest BCUT2D eigenvalue weighted by molar-refractivity contribution is 0.301. The fourth-order valence-corrected chi connectivity index (χ4v) is 2.97. The summed E-state index contributed by atoms with van der Waals surface area (Å²) in [6.45, 7) is 0.262. The molecule has 4 nitrogen and oxygen atoms in total. The van der Waals surface area contributed by atoms with E-state index in [-0.39, 0.29) is 6.61 Å². The van der Waals surface area contributed by atoms with Gasteiger partial charge >= 0.3 is 0 Å². The molecule has 2 aromatic rings. The van der Waals surface area contributed by atoms with E-state index < -0.39 is 0 Å². The number of hydrogen-bond donors (Lipinski definition) is 1. The standard InChI is InChI=1S/C13H9Br2N3O/c14-10-4-9(17)5-11(15)13(10)19-7-8-2-1-3-18-12(8)6-16/h1-5H,7,17H2. The van der Waals surface area contributed by atoms with E-state index in [9.17, 15) is 0 Å². The van der Waals surface area contributed by atoms with Crippen molar-refractivity contribution in [1.82, 2.24) is 4.98 Å². The molecule has 6 heteroatoms. The quantitative estimate of drug-likeness (QED) is 0.822. The number of rotatable bonds is 3. The summed E-state index contributed by atoms with van der Waals surface area (Å²) in [4.78, 5) is 3.98. The second-order valence-corrected chi connectivity index (χ2v) is 5.43. The maximum Gasteiger partial charge on any atom is 0.148 e. The van der Waals surface area contributed by atoms with Gasteiger partial charge in [-0.1, -0.05) is 6.07 Å². The van der Waals surface area contributed by atoms with Crippen LogP contribution in [0.1, 0.15) is 11.3 Å². The van der Waals surface area contributed by atoms with Crippen molar-refractivity contribution in [1.29, 1.82) is 5.26 Å². The monoisotopic (exact) mass is 381 g/mol. The van der Waals surface area contributed by atoms with Crippen molar-refractivity contribution in [2.24, 2.45) is 0 Å². The van der Waals surface area contributed by atoms with Gasteiger partial charge in [0, 0.05) is 17.4 Å². The maximum atomic E-state index is 8.96. The van der Waals surface area contributed by atoms with Gasteiger partial charge in [-0.25, -0.2) is 4.98 Å². The SMILES string of the molecule is N#Cc1ncccc1COc1c(Br)cc(N)cc1Br. The summed E-state index contributed by atoms with van der Waals surface area (Å²) >= 11 is 6.78. The molecule has 0 aliphatic rings. The molecule has 1 heterocycles. The fraction of sp³-hybridized carbons (Fsp3) is 0.0769. The first-order valence-electron chi connectivity index (χ1n) is 5.33. The molecule has 0 atom stereocenters. The predicted molar refractivity (Wildman–Crippen MR) is 79.5 cm³/mol. The van der Waals surface area contributed by atoms with E-state index in [1.165, 1.54) is 0 Å². The van der Waals surface area contributed by atoms with Crippen molar-refractivity contribution in [3.63, 3.8) is 0 Å². The van der Waals surface area contributed by atoms with Gasteiger partial charge in [-0.15, -0.1) is 0 Å². The molecule has 19 heavy (non-hydrogen) atoms. The molecular formula is C13H9Br2N3O. The van der Waals surface area contributed by atoms with Crippen LogP contribution in [0.4, 0.5) is 5.69 Å². The highest BCUT2D eigenvalue weighted by molar-refractivity contribution is 9.11. The van der Waals surface area contributed by atoms with Crippen LogP contribution in [-0.2, 0) is 6.61 Å². The molecule has 2 N–H and O–H groups in total. The van der Waals surface area contributed by atoms with Crippen molar-refractivity contribution in [3.05, 3.63) is 50.7 Å². The third kappa shape index (κ3) is 3.25. The van der Waals surface area contributed by atoms with Crippen LogP contribution in [0.2, 0.25) is 0 Å². The molecule has 0 aliphatic carbocycles. The normalized spacial score (nSPS) is 9.95. The number of hydrogen-bond acceptors (Lipinski definition) is 4. The number of aromatic nitrogens is 1. The van der Waals surface area contributed by atoms with Crippen molar-refractivity contribution in [2.75, 3.05) is 5.73 Å². The average Bonchev–Trinajstić information content (AvgIpc) is 2.38. The molecule has 0 spiro atoms. The minimum absolute atomic E-state index is 0.262. The molecule has 0 fully saturated rings. The highest BCUT2D eigenvalue weighted by Gasteiger charge is 2.10. The third-order valence-corrected chi connectivity index (χ3v) is 3.57. The van der Waals surface area contributed by atoms with E-state index in [4.69, 9.17) is 15.7 Å². The van der Waals surface area contributed by atoms with Gasteiger partial charge in [-0.3, -0.25) is 0 Å². The molecule has 0 amide bonds. The fourth-order valence-electron chi connectivity index (χ4n) is 1.52. The lowest BCUT2D eigenvalue weighted by atomic mass is 10.2. The molecule has 0 saturated carbocycles. The van der Waals surface area contributed by atoms with Crippen LogP contribution in [0.25, 0.3) is 0 Å². The Labute approximate surface area is 127 Å². The highest BCUT2D eigenvalue weighted by atomic mass is 79.9. The van der Waals surface area contributed by atoms with Gasteiger partial charge in [0.1, 0.15) is 24.1 Å². The van der Waals surface area contributed by atoms with Gasteiger partial charge in [-0.05, 0) is 50.1 Å². The first-order chi connectivity index (χ1) is 9.11. The van der Waals surface area contributed by atoms with Gasteiger partial charge in [-0.2, -0.15) is 5.26 Å². The lowest BCUT2D eigenvalue weighted by Gasteiger charge is -2.11. The van der Waals surface area contributed by atoms with Gasteiger partial charge in [0.05, 0.1) is 8.95 Å². The van der Waals surface area contributed by atoms with Crippen molar-refractivity contribution in [2.45, 2.75) is 6.61 Å². The Bertz CT molecular complexity index is 630. The minimum Gasteiger partial charge on any atom is -0.486 e. The summed E-state index contributed by atoms with van der Waals surface area (Å²) in [5, 5.41) is 8.96. The Morgan fingerprint density at radius 1 is 1.32 bits per heavy atom. The number of nitrogen functional groups attached to an aromatic ring is 1. The number of halogens is 2. The number of pyridine rings is 1. The van der Waals surface area contributed by atoms with Crippen molar-refractivity contribution >= 4 is 37.5 Å². The number of nitriles is 1. The number of benzene rings is 1. The molecule has 0 saturated heterocycles. The number of nitrogens with zero attached hydrogens (tertiary/aromatic N) is 2. The van der Waals surface area contributed by atoms with Crippen molar-refractivity contribution in [3.8, 4) is 11.8 Å². The van der Waals surface area contributed by atoms with Crippen LogP contribution in [0.3, 0.4) is 0 Å². The summed E-state index contributed by atoms with van der Waals surface area (Å²) in [7, 11) is 0. The Morgan fingerprint density at radius 3 is 2.63 bits per heavy atom. The maximum absolute atomic E-state index is 8.96. The largest absolute Gasteiger partial charge is 0.486 e. The first-order valence-corrected chi connectivity index (χ1v) is 6.91. The lowest BCUT2D eigenvalue weighted by Crippen LogP contribution is -2.01. The molecule has 0 bridgehead atoms. The summed E-state index contributed by atoms with van der Waals surface area (Å²) in [6.07, 6.45) is 1.58. The zero-order valence-electron chi connectivity index (χ0n) is 9.73. The zero-order chi connectivity index (χ0) is 13.8. The van der Waals surface area contributed by atoms with E-state index in [0.29, 0.717) is 17.1 Å². The van der Waals surface area contributed by atoms with Crippen LogP contribution >= 0.6 is 31.9 Å². The van der Waals surface area contributed by atoms with Gasteiger partial charge in [0.15, 0.2) is 0 Å². The van der Waals surface area contributed by atoms with E-state index in [2.05, 4.69) is 36.8 Å². The Morgan fingerprint density at radius 2 is 2.00 bits per heavy atom. The molecule has 1 aromatic heterocycles. The Hall–Kier alpha value is -1.58. The van der Waals surface area contributed by atoms with E-state index in [1.54, 1.807) is 24.4 Å². The van der Waals surface area contributed by atoms with Gasteiger partial charge in [0.25, 0.3) is 0 Å². The molecule has 0 aliphatic heterocycles. The van der Waals surface area contributed by atoms with E-state index >= 15 is 0 Å². The van der Waals surface area contributed by atoms with Crippen molar-refractivity contribution < 1.29 is 4.74 Å². The van der Waals surface area contributed by atoms with Gasteiger partial charge in [0.2, 0.25) is 0 Å². The highest BCUT2D eigenvalue weighted by Crippen LogP contribution is 2.36. The molecule has 0 radical (unpaired) electrons. The minimum atomic E-state index is 0.262. The van der Waals surface area contributed by atoms with Crippen LogP contribution in [0, 0.1) is 11.3 Å². The predicted octanol–water partition coefficient (Wildman–Crippen LogP) is 3.64. The molecular weight excluding hydrogens is 374 g/mol. The summed E-state index contributed by atoms with van der Waals surface area (Å²) in [6, 6.07) is 9.13. The first kappa shape index (κ1) is 13.8. The topological polar surface area (TPSA) is 71.9 Å². The van der Waals surface area contributed by atoms with E-state index in [0.717, 1.165) is 14.5 Å². The number of ether oxygens (including phenoxy) is 1. The summed E-state index contributed by atoms with van der Waals surface area (Å²) < 4.78 is 7.21. The van der Waals surface area contributed by atoms with E-state index in [1.807, 2.05) is 12.1 Å². The second kappa shape index (κ2) is 6.04. The molecule has 1 aromatic carbocycles. The molecule has 0 unspecified atom stereocenters. The molecule has 2 rings (SSSR count). The van der Waals surface area contributed by atoms with Crippen LogP contribution < -0.4 is 10.5 Å². The van der Waals surface area contributed by atoms with Crippen LogP contribution in [0.5, 0.6) is 5.75 Å². The summed E-state index contributed by atoms with van der Waals surface area (Å²) in [5.41, 5.74) is 7.45. The smallest absolute Gasteiger partial charge is 0.148 e. The van der Waals surface area contributed by atoms with Crippen LogP contribution in [0.15, 0.2) is 39.4 Å². The van der Waals surface area contributed by atoms with Crippen LogP contribution in [-0.4, -0.2) is 4.98 Å². The summed E-state index contributed by atoms with van der Waals surface area (Å²) in [5.74, 6) is 0.641.